The minimum atomic E-state index is 0.00517. The summed E-state index contributed by atoms with van der Waals surface area (Å²) in [7, 11) is 0. The molecule has 1 aromatic rings. The maximum atomic E-state index is 12.0. The van der Waals surface area contributed by atoms with E-state index >= 15 is 0 Å². The van der Waals surface area contributed by atoms with Gasteiger partial charge in [0.1, 0.15) is 0 Å². The van der Waals surface area contributed by atoms with Crippen LogP contribution in [0.4, 0.5) is 0 Å². The van der Waals surface area contributed by atoms with Crippen molar-refractivity contribution in [3.8, 4) is 0 Å². The van der Waals surface area contributed by atoms with Crippen LogP contribution in [0.5, 0.6) is 0 Å². The average Bonchev–Trinajstić information content (AvgIpc) is 2.84. The molecule has 3 rings (SSSR count). The number of piperidine rings is 1. The molecule has 1 amide bonds. The fourth-order valence-electron chi connectivity index (χ4n) is 3.47. The van der Waals surface area contributed by atoms with Crippen LogP contribution in [0.3, 0.4) is 0 Å². The molecule has 2 atom stereocenters. The molecule has 0 saturated carbocycles. The first-order valence-corrected chi connectivity index (χ1v) is 7.84. The zero-order valence-electron chi connectivity index (χ0n) is 12.2. The number of ketones is 1. The predicted octanol–water partition coefficient (Wildman–Crippen LogP) is 2.05. The molecule has 1 aromatic carbocycles. The molecule has 4 nitrogen and oxygen atoms in total. The monoisotopic (exact) mass is 286 g/mol. The molecular formula is C17H22N2O2. The largest absolute Gasteiger partial charge is 0.353 e. The first-order chi connectivity index (χ1) is 10.2. The van der Waals surface area contributed by atoms with Gasteiger partial charge in [0.25, 0.3) is 0 Å². The van der Waals surface area contributed by atoms with E-state index in [9.17, 15) is 9.59 Å². The van der Waals surface area contributed by atoms with Crippen LogP contribution in [0.2, 0.25) is 0 Å². The Morgan fingerprint density at radius 3 is 2.38 bits per heavy atom. The number of benzene rings is 1. The van der Waals surface area contributed by atoms with E-state index in [-0.39, 0.29) is 30.6 Å². The van der Waals surface area contributed by atoms with Crippen molar-refractivity contribution in [2.24, 2.45) is 0 Å². The number of carbonyl (C=O) groups excluding carboxylic acids is 2. The van der Waals surface area contributed by atoms with Gasteiger partial charge in [-0.15, -0.1) is 0 Å². The second kappa shape index (κ2) is 6.39. The minimum absolute atomic E-state index is 0.00517. The fourth-order valence-corrected chi connectivity index (χ4v) is 3.47. The number of rotatable bonds is 5. The minimum Gasteiger partial charge on any atom is -0.353 e. The molecule has 4 heteroatoms. The summed E-state index contributed by atoms with van der Waals surface area (Å²) in [5.41, 5.74) is 0.685. The molecule has 2 N–H and O–H groups in total. The third kappa shape index (κ3) is 3.70. The van der Waals surface area contributed by atoms with E-state index in [4.69, 9.17) is 0 Å². The Labute approximate surface area is 125 Å². The quantitative estimate of drug-likeness (QED) is 0.815. The average molecular weight is 286 g/mol. The Hall–Kier alpha value is -1.68. The van der Waals surface area contributed by atoms with Crippen molar-refractivity contribution in [1.29, 1.82) is 0 Å². The molecular weight excluding hydrogens is 264 g/mol. The summed E-state index contributed by atoms with van der Waals surface area (Å²) in [5.74, 6) is 0.0433. The Balaban J connectivity index is 1.43. The SMILES string of the molecule is O=C(CCC(=O)c1ccccc1)NC1CC2CCC(C1)N2. The van der Waals surface area contributed by atoms with Gasteiger partial charge in [0, 0.05) is 36.5 Å². The molecule has 2 fully saturated rings. The van der Waals surface area contributed by atoms with Crippen LogP contribution in [0.1, 0.15) is 48.9 Å². The van der Waals surface area contributed by atoms with E-state index in [2.05, 4.69) is 10.6 Å². The van der Waals surface area contributed by atoms with Crippen molar-refractivity contribution in [1.82, 2.24) is 10.6 Å². The molecule has 2 saturated heterocycles. The van der Waals surface area contributed by atoms with Crippen LogP contribution in [-0.2, 0) is 4.79 Å². The number of hydrogen-bond acceptors (Lipinski definition) is 3. The lowest BCUT2D eigenvalue weighted by molar-refractivity contribution is -0.122. The zero-order valence-corrected chi connectivity index (χ0v) is 12.2. The van der Waals surface area contributed by atoms with Crippen molar-refractivity contribution in [3.63, 3.8) is 0 Å². The summed E-state index contributed by atoms with van der Waals surface area (Å²) in [5, 5.41) is 6.66. The van der Waals surface area contributed by atoms with Crippen LogP contribution in [0.25, 0.3) is 0 Å². The third-order valence-corrected chi connectivity index (χ3v) is 4.51. The molecule has 0 spiro atoms. The normalized spacial score (nSPS) is 27.3. The van der Waals surface area contributed by atoms with Gasteiger partial charge in [-0.3, -0.25) is 9.59 Å². The van der Waals surface area contributed by atoms with Crippen LogP contribution in [-0.4, -0.2) is 29.8 Å². The number of hydrogen-bond donors (Lipinski definition) is 2. The van der Waals surface area contributed by atoms with Gasteiger partial charge in [-0.05, 0) is 25.7 Å². The number of carbonyl (C=O) groups is 2. The number of amides is 1. The van der Waals surface area contributed by atoms with E-state index in [1.54, 1.807) is 12.1 Å². The highest BCUT2D eigenvalue weighted by molar-refractivity contribution is 5.97. The molecule has 2 aliphatic rings. The summed E-state index contributed by atoms with van der Waals surface area (Å²) in [6, 6.07) is 10.6. The van der Waals surface area contributed by atoms with Gasteiger partial charge in [0.15, 0.2) is 5.78 Å². The van der Waals surface area contributed by atoms with E-state index in [0.29, 0.717) is 17.6 Å². The van der Waals surface area contributed by atoms with Gasteiger partial charge in [0.2, 0.25) is 5.91 Å². The smallest absolute Gasteiger partial charge is 0.220 e. The van der Waals surface area contributed by atoms with Crippen molar-refractivity contribution < 1.29 is 9.59 Å². The second-order valence-corrected chi connectivity index (χ2v) is 6.16. The van der Waals surface area contributed by atoms with Gasteiger partial charge in [-0.2, -0.15) is 0 Å². The molecule has 0 radical (unpaired) electrons. The molecule has 2 heterocycles. The predicted molar refractivity (Wildman–Crippen MR) is 81.1 cm³/mol. The Bertz CT molecular complexity index is 503. The molecule has 2 unspecified atom stereocenters. The summed E-state index contributed by atoms with van der Waals surface area (Å²) in [6.07, 6.45) is 5.07. The summed E-state index contributed by atoms with van der Waals surface area (Å²) >= 11 is 0. The van der Waals surface area contributed by atoms with Crippen LogP contribution in [0, 0.1) is 0 Å². The molecule has 0 aromatic heterocycles. The maximum absolute atomic E-state index is 12.0. The maximum Gasteiger partial charge on any atom is 0.220 e. The molecule has 112 valence electrons. The molecule has 0 aliphatic carbocycles. The van der Waals surface area contributed by atoms with E-state index in [1.165, 1.54) is 12.8 Å². The van der Waals surface area contributed by atoms with Crippen LogP contribution >= 0.6 is 0 Å². The zero-order chi connectivity index (χ0) is 14.7. The number of nitrogens with one attached hydrogen (secondary N) is 2. The molecule has 21 heavy (non-hydrogen) atoms. The highest BCUT2D eigenvalue weighted by Gasteiger charge is 2.33. The Morgan fingerprint density at radius 1 is 1.05 bits per heavy atom. The lowest BCUT2D eigenvalue weighted by atomic mass is 9.99. The van der Waals surface area contributed by atoms with Crippen molar-refractivity contribution in [2.75, 3.05) is 0 Å². The lowest BCUT2D eigenvalue weighted by Crippen LogP contribution is -2.48. The van der Waals surface area contributed by atoms with Crippen molar-refractivity contribution >= 4 is 11.7 Å². The summed E-state index contributed by atoms with van der Waals surface area (Å²) < 4.78 is 0. The van der Waals surface area contributed by atoms with Crippen LogP contribution < -0.4 is 10.6 Å². The highest BCUT2D eigenvalue weighted by atomic mass is 16.2. The fraction of sp³-hybridized carbons (Fsp3) is 0.529. The number of Topliss-reactive ketones (excluding diaryl/α,β-unsaturated/α-hetero) is 1. The summed E-state index contributed by atoms with van der Waals surface area (Å²) in [4.78, 5) is 24.0. The first kappa shape index (κ1) is 14.3. The van der Waals surface area contributed by atoms with Crippen molar-refractivity contribution in [3.05, 3.63) is 35.9 Å². The van der Waals surface area contributed by atoms with Gasteiger partial charge < -0.3 is 10.6 Å². The van der Waals surface area contributed by atoms with Crippen molar-refractivity contribution in [2.45, 2.75) is 56.7 Å². The summed E-state index contributed by atoms with van der Waals surface area (Å²) in [6.45, 7) is 0. The van der Waals surface area contributed by atoms with E-state index in [0.717, 1.165) is 12.8 Å². The molecule has 2 bridgehead atoms. The Kier molecular flexibility index (Phi) is 4.34. The van der Waals surface area contributed by atoms with Gasteiger partial charge in [-0.25, -0.2) is 0 Å². The van der Waals surface area contributed by atoms with E-state index in [1.807, 2.05) is 18.2 Å². The third-order valence-electron chi connectivity index (χ3n) is 4.51. The second-order valence-electron chi connectivity index (χ2n) is 6.16. The van der Waals surface area contributed by atoms with E-state index < -0.39 is 0 Å². The molecule has 2 aliphatic heterocycles. The number of fused-ring (bicyclic) bond motifs is 2. The van der Waals surface area contributed by atoms with Crippen LogP contribution in [0.15, 0.2) is 30.3 Å². The van der Waals surface area contributed by atoms with Gasteiger partial charge in [-0.1, -0.05) is 30.3 Å². The topological polar surface area (TPSA) is 58.2 Å². The highest BCUT2D eigenvalue weighted by Crippen LogP contribution is 2.26. The lowest BCUT2D eigenvalue weighted by Gasteiger charge is -2.29. The van der Waals surface area contributed by atoms with Gasteiger partial charge >= 0.3 is 0 Å². The van der Waals surface area contributed by atoms with Gasteiger partial charge in [0.05, 0.1) is 0 Å². The Morgan fingerprint density at radius 2 is 1.71 bits per heavy atom. The first-order valence-electron chi connectivity index (χ1n) is 7.84. The standard InChI is InChI=1S/C17H22N2O2/c20-16(12-4-2-1-3-5-12)8-9-17(21)19-15-10-13-6-7-14(11-15)18-13/h1-5,13-15,18H,6-11H2,(H,19,21).